The molecule has 9 bridgehead atoms. The first-order chi connectivity index (χ1) is 41.8. The molecule has 0 aliphatic carbocycles. The van der Waals surface area contributed by atoms with Crippen molar-refractivity contribution in [2.24, 2.45) is 0 Å². The number of aromatic hydroxyl groups is 4. The average Bonchev–Trinajstić information content (AvgIpc) is 1.90. The Morgan fingerprint density at radius 3 is 1.73 bits per heavy atom. The maximum atomic E-state index is 15.8. The molecule has 21 nitrogen and oxygen atoms in total. The molecular formula is C61H45Cl6N7O14. The Labute approximate surface area is 528 Å². The van der Waals surface area contributed by atoms with Gasteiger partial charge in [0.05, 0.1) is 30.1 Å². The molecular weight excluding hydrogens is 1270 g/mol. The van der Waals surface area contributed by atoms with Crippen molar-refractivity contribution in [2.45, 2.75) is 49.1 Å². The van der Waals surface area contributed by atoms with Gasteiger partial charge >= 0.3 is 5.97 Å². The van der Waals surface area contributed by atoms with Crippen molar-refractivity contribution in [3.05, 3.63) is 197 Å². The van der Waals surface area contributed by atoms with Crippen LogP contribution in [-0.4, -0.2) is 102 Å². The van der Waals surface area contributed by atoms with Crippen LogP contribution >= 0.6 is 69.6 Å². The number of aliphatic carboxylic acids is 1. The molecule has 450 valence electrons. The normalized spacial score (nSPS) is 18.3. The maximum Gasteiger partial charge on any atom is 0.330 e. The number of aromatic amines is 1. The topological polar surface area (TPSA) is 326 Å². The fourth-order valence-electron chi connectivity index (χ4n) is 10.2. The van der Waals surface area contributed by atoms with E-state index in [-0.39, 0.29) is 73.3 Å². The van der Waals surface area contributed by atoms with Crippen LogP contribution in [-0.2, 0) is 46.4 Å². The number of hydrogen-bond acceptors (Lipinski definition) is 13. The summed E-state index contributed by atoms with van der Waals surface area (Å²) in [5.74, 6) is -12.2. The van der Waals surface area contributed by atoms with Gasteiger partial charge < -0.3 is 66.7 Å². The number of Topliss-reactive ketones (excluding diaryl/α,β-unsaturated/α-hetero) is 1. The van der Waals surface area contributed by atoms with Crippen molar-refractivity contribution in [1.29, 1.82) is 0 Å². The summed E-state index contributed by atoms with van der Waals surface area (Å²) >= 11 is 38.1. The number of nitrogens with one attached hydrogen (secondary N) is 6. The van der Waals surface area contributed by atoms with Crippen LogP contribution in [0.5, 0.6) is 34.5 Å². The molecule has 0 saturated heterocycles. The molecule has 0 spiro atoms. The number of benzene rings is 7. The summed E-state index contributed by atoms with van der Waals surface area (Å²) in [6, 6.07) is 16.6. The number of carbonyl (C=O) groups is 8. The summed E-state index contributed by atoms with van der Waals surface area (Å²) in [5, 5.41) is 65.2. The number of phenolic OH excluding ortho intramolecular Hbond substituents is 4. The van der Waals surface area contributed by atoms with Gasteiger partial charge in [0.25, 0.3) is 5.91 Å². The Hall–Kier alpha value is -9.22. The van der Waals surface area contributed by atoms with Gasteiger partial charge in [-0.15, -0.1) is 0 Å². The number of nitrogens with zero attached hydrogens (tertiary/aromatic N) is 1. The van der Waals surface area contributed by atoms with E-state index >= 15 is 19.2 Å². The van der Waals surface area contributed by atoms with Crippen molar-refractivity contribution in [2.75, 3.05) is 7.05 Å². The van der Waals surface area contributed by atoms with Gasteiger partial charge in [0.2, 0.25) is 35.3 Å². The third-order valence-electron chi connectivity index (χ3n) is 14.8. The highest BCUT2D eigenvalue weighted by molar-refractivity contribution is 6.45. The first-order valence-corrected chi connectivity index (χ1v) is 28.5. The molecule has 0 fully saturated rings. The molecule has 1 aromatic heterocycles. The second-order valence-corrected chi connectivity index (χ2v) is 22.9. The van der Waals surface area contributed by atoms with Gasteiger partial charge in [-0.2, -0.15) is 0 Å². The van der Waals surface area contributed by atoms with E-state index in [4.69, 9.17) is 74.3 Å². The van der Waals surface area contributed by atoms with Crippen LogP contribution in [0.25, 0.3) is 22.0 Å². The van der Waals surface area contributed by atoms with Gasteiger partial charge in [0.1, 0.15) is 36.0 Å². The minimum atomic E-state index is -2.05. The van der Waals surface area contributed by atoms with Crippen molar-refractivity contribution in [1.82, 2.24) is 36.5 Å². The highest BCUT2D eigenvalue weighted by Gasteiger charge is 2.40. The summed E-state index contributed by atoms with van der Waals surface area (Å²) < 4.78 is 6.38. The van der Waals surface area contributed by atoms with Crippen LogP contribution in [0, 0.1) is 0 Å². The molecule has 8 aromatic rings. The molecule has 6 amide bonds. The first-order valence-electron chi connectivity index (χ1n) is 26.2. The minimum absolute atomic E-state index is 0.0101. The van der Waals surface area contributed by atoms with Crippen LogP contribution in [0.2, 0.25) is 30.1 Å². The van der Waals surface area contributed by atoms with Gasteiger partial charge in [-0.05, 0) is 106 Å². The predicted molar refractivity (Wildman–Crippen MR) is 324 cm³/mol. The van der Waals surface area contributed by atoms with Crippen molar-refractivity contribution >= 4 is 128 Å². The molecule has 6 atom stereocenters. The molecule has 27 heteroatoms. The van der Waals surface area contributed by atoms with Gasteiger partial charge in [0, 0.05) is 48.1 Å². The quantitative estimate of drug-likeness (QED) is 0.0474. The average molecular weight is 1310 g/mol. The molecule has 6 unspecified atom stereocenters. The second kappa shape index (κ2) is 25.2. The molecule has 11 N–H and O–H groups in total. The van der Waals surface area contributed by atoms with Gasteiger partial charge in [-0.1, -0.05) is 124 Å². The van der Waals surface area contributed by atoms with E-state index in [1.807, 2.05) is 0 Å². The van der Waals surface area contributed by atoms with Crippen LogP contribution < -0.4 is 31.3 Å². The fourth-order valence-corrected chi connectivity index (χ4v) is 11.7. The Kier molecular flexibility index (Phi) is 17.7. The van der Waals surface area contributed by atoms with E-state index in [2.05, 4.69) is 31.6 Å². The lowest BCUT2D eigenvalue weighted by Gasteiger charge is -2.33. The molecule has 4 aliphatic heterocycles. The fraction of sp³-hybridized carbons (Fsp3) is 0.148. The number of phenols is 4. The molecule has 12 rings (SSSR count). The number of H-pyrrole nitrogens is 1. The lowest BCUT2D eigenvalue weighted by Crippen LogP contribution is -2.55. The van der Waals surface area contributed by atoms with E-state index < -0.39 is 127 Å². The standard InChI is InChI=1S/C61H45Cl6N7O14/c1-74-44(56(81)73-49(61(86)87)26-5-3-2-4-6-26)13-25-7-10-33(11-8-25)88-45-23-28-14-35(51(45)76)27-9-12-34-32(24-68-42(34)21-27)22-43(69-59(84)50(75)31-19-40(66)54(79)41(67)20-31)55(80)70-47(29-15-36(62)52(77)37(63)16-29)57(82)71-46(28)58(83)72-48(60(74)85)30-17-38(64)53(78)39(65)18-30/h2-12,14-21,23-24,43-44,46-49,68,76-79H,13,22H2,1H3,(H,69,84)(H,70,80)(H,71,82)(H,72,83)(H,73,81)(H,86,87). The van der Waals surface area contributed by atoms with Crippen LogP contribution in [0.15, 0.2) is 128 Å². The van der Waals surface area contributed by atoms with E-state index in [0.29, 0.717) is 22.0 Å². The summed E-state index contributed by atoms with van der Waals surface area (Å²) in [7, 11) is 1.22. The summed E-state index contributed by atoms with van der Waals surface area (Å²) in [6.45, 7) is 0. The summed E-state index contributed by atoms with van der Waals surface area (Å²) in [4.78, 5) is 121. The van der Waals surface area contributed by atoms with Crippen molar-refractivity contribution in [3.63, 3.8) is 0 Å². The number of aromatic nitrogens is 1. The first kappa shape index (κ1) is 61.9. The monoisotopic (exact) mass is 1310 g/mol. The van der Waals surface area contributed by atoms with Crippen LogP contribution in [0.1, 0.15) is 67.9 Å². The van der Waals surface area contributed by atoms with Gasteiger partial charge in [0.15, 0.2) is 34.8 Å². The Morgan fingerprint density at radius 2 is 1.15 bits per heavy atom. The summed E-state index contributed by atoms with van der Waals surface area (Å²) in [6.07, 6.45) is 0.838. The predicted octanol–water partition coefficient (Wildman–Crippen LogP) is 9.49. The van der Waals surface area contributed by atoms with E-state index in [1.165, 1.54) is 49.6 Å². The highest BCUT2D eigenvalue weighted by atomic mass is 35.5. The molecule has 0 radical (unpaired) electrons. The highest BCUT2D eigenvalue weighted by Crippen LogP contribution is 2.44. The zero-order valence-electron chi connectivity index (χ0n) is 45.1. The molecule has 5 heterocycles. The number of hydrogen-bond donors (Lipinski definition) is 11. The zero-order chi connectivity index (χ0) is 63.2. The number of ketones is 1. The van der Waals surface area contributed by atoms with E-state index in [1.54, 1.807) is 48.5 Å². The number of carboxylic acids is 1. The van der Waals surface area contributed by atoms with Crippen LogP contribution in [0.3, 0.4) is 0 Å². The van der Waals surface area contributed by atoms with Gasteiger partial charge in [-0.25, -0.2) is 4.79 Å². The number of halogens is 6. The van der Waals surface area contributed by atoms with Crippen molar-refractivity contribution in [3.8, 4) is 45.6 Å². The second-order valence-electron chi connectivity index (χ2n) is 20.4. The minimum Gasteiger partial charge on any atom is -0.505 e. The Morgan fingerprint density at radius 1 is 0.614 bits per heavy atom. The molecule has 0 saturated carbocycles. The number of amides is 6. The molecule has 88 heavy (non-hydrogen) atoms. The number of carboxylic acid groups (broad SMARTS) is 1. The number of ether oxygens (including phenoxy) is 1. The lowest BCUT2D eigenvalue weighted by molar-refractivity contribution is -0.145. The molecule has 7 aromatic carbocycles. The lowest BCUT2D eigenvalue weighted by atomic mass is 9.94. The SMILES string of the molecule is CN1C(=O)C(c2cc(Cl)c(O)c(Cl)c2)NC(=O)C2NC(=O)C(c3cc(Cl)c(O)c(Cl)c3)NC(=O)C(NC(=O)C(=O)c3cc(Cl)c(O)c(Cl)c3)Cc3c[nH]c4cc(ccc34)-c3cc2cc(c3O)Oc2ccc(cc2)CC1C(=O)NC(C(=O)O)c1ccccc1. The Balaban J connectivity index is 1.15. The number of fused-ring (bicyclic) bond motifs is 15. The van der Waals surface area contributed by atoms with Crippen LogP contribution in [0.4, 0.5) is 0 Å². The maximum absolute atomic E-state index is 15.8. The third-order valence-corrected chi connectivity index (χ3v) is 16.5. The van der Waals surface area contributed by atoms with Crippen molar-refractivity contribution < 1.29 is 68.6 Å². The largest absolute Gasteiger partial charge is 0.505 e. The van der Waals surface area contributed by atoms with E-state index in [0.717, 1.165) is 41.3 Å². The van der Waals surface area contributed by atoms with E-state index in [9.17, 15) is 44.7 Å². The number of carbonyl (C=O) groups excluding carboxylic acids is 7. The summed E-state index contributed by atoms with van der Waals surface area (Å²) in [5.41, 5.74) is 0.730. The molecule has 4 aliphatic rings. The number of likely N-dealkylation sites (N-methyl/N-ethyl adjacent to an activating group) is 1. The Bertz CT molecular complexity index is 4160. The smallest absolute Gasteiger partial charge is 0.330 e. The van der Waals surface area contributed by atoms with Gasteiger partial charge in [-0.3, -0.25) is 33.6 Å². The zero-order valence-corrected chi connectivity index (χ0v) is 49.7. The number of rotatable bonds is 9. The third kappa shape index (κ3) is 12.6.